The molecule has 1 aromatic heterocycles. The molecule has 0 radical (unpaired) electrons. The molecule has 0 bridgehead atoms. The van der Waals surface area contributed by atoms with Crippen LogP contribution < -0.4 is 4.80 Å². The summed E-state index contributed by atoms with van der Waals surface area (Å²) >= 11 is 3.12. The topological polar surface area (TPSA) is 68.5 Å². The van der Waals surface area contributed by atoms with Crippen LogP contribution in [0.3, 0.4) is 0 Å². The third-order valence-electron chi connectivity index (χ3n) is 4.50. The van der Waals surface area contributed by atoms with E-state index in [-0.39, 0.29) is 30.3 Å². The molecule has 0 fully saturated rings. The zero-order valence-electron chi connectivity index (χ0n) is 16.8. The first-order valence-electron chi connectivity index (χ1n) is 9.52. The number of carbonyl (C=O) groups is 1. The molecule has 3 aromatic rings. The van der Waals surface area contributed by atoms with Gasteiger partial charge in [0.05, 0.1) is 21.7 Å². The molecule has 158 valence electrons. The van der Waals surface area contributed by atoms with Crippen molar-refractivity contribution in [3.63, 3.8) is 0 Å². The molecular weight excluding hydrogens is 436 g/mol. The molecule has 2 aromatic carbocycles. The van der Waals surface area contributed by atoms with Crippen LogP contribution in [0.4, 0.5) is 0 Å². The second kappa shape index (κ2) is 10.2. The van der Waals surface area contributed by atoms with Crippen molar-refractivity contribution in [3.8, 4) is 0 Å². The monoisotopic (exact) mass is 460 g/mol. The highest BCUT2D eigenvalue weighted by Crippen LogP contribution is 2.24. The molecule has 0 aliphatic rings. The highest BCUT2D eigenvalue weighted by molar-refractivity contribution is 7.98. The summed E-state index contributed by atoms with van der Waals surface area (Å²) in [6.07, 6.45) is 4.16. The first-order chi connectivity index (χ1) is 14.4. The lowest BCUT2D eigenvalue weighted by molar-refractivity contribution is -0.118. The first kappa shape index (κ1) is 22.5. The summed E-state index contributed by atoms with van der Waals surface area (Å²) in [7, 11) is -3.26. The second-order valence-electron chi connectivity index (χ2n) is 6.80. The van der Waals surface area contributed by atoms with Gasteiger partial charge in [0.2, 0.25) is 5.91 Å². The molecule has 30 heavy (non-hydrogen) atoms. The van der Waals surface area contributed by atoms with Gasteiger partial charge in [-0.2, -0.15) is 4.99 Å². The second-order valence-corrected chi connectivity index (χ2v) is 10.9. The van der Waals surface area contributed by atoms with Crippen LogP contribution in [0.2, 0.25) is 0 Å². The molecule has 0 N–H and O–H groups in total. The van der Waals surface area contributed by atoms with Crippen LogP contribution in [0.5, 0.6) is 0 Å². The van der Waals surface area contributed by atoms with E-state index >= 15 is 0 Å². The van der Waals surface area contributed by atoms with Gasteiger partial charge in [-0.05, 0) is 36.4 Å². The van der Waals surface area contributed by atoms with Crippen molar-refractivity contribution in [2.75, 3.05) is 12.0 Å². The molecule has 0 saturated carbocycles. The lowest BCUT2D eigenvalue weighted by atomic mass is 10.2. The molecule has 0 spiro atoms. The summed E-state index contributed by atoms with van der Waals surface area (Å²) in [5.74, 6) is -0.342. The molecular formula is C22H24N2O3S3. The molecule has 0 atom stereocenters. The Morgan fingerprint density at radius 1 is 1.23 bits per heavy atom. The van der Waals surface area contributed by atoms with Crippen molar-refractivity contribution >= 4 is 49.1 Å². The van der Waals surface area contributed by atoms with Crippen LogP contribution >= 0.6 is 23.1 Å². The van der Waals surface area contributed by atoms with Crippen LogP contribution in [0.15, 0.2) is 71.1 Å². The normalized spacial score (nSPS) is 12.4. The van der Waals surface area contributed by atoms with E-state index in [2.05, 4.69) is 17.6 Å². The number of thiazole rings is 1. The number of carbonyl (C=O) groups excluding carboxylic acids is 1. The van der Waals surface area contributed by atoms with Crippen LogP contribution in [-0.2, 0) is 26.9 Å². The van der Waals surface area contributed by atoms with Gasteiger partial charge in [0, 0.05) is 17.9 Å². The third-order valence-corrected chi connectivity index (χ3v) is 7.95. The lowest BCUT2D eigenvalue weighted by Crippen LogP contribution is -2.16. The van der Waals surface area contributed by atoms with Crippen molar-refractivity contribution in [3.05, 3.63) is 71.6 Å². The SMILES string of the molecule is C=CCn1c(=NC(=O)CCCS(=O)(=O)Cc2ccccc2)sc2cc(SC)ccc21. The van der Waals surface area contributed by atoms with Crippen molar-refractivity contribution in [2.45, 2.75) is 30.0 Å². The van der Waals surface area contributed by atoms with Gasteiger partial charge in [-0.3, -0.25) is 4.79 Å². The Balaban J connectivity index is 1.70. The fourth-order valence-electron chi connectivity index (χ4n) is 3.08. The maximum absolute atomic E-state index is 12.4. The summed E-state index contributed by atoms with van der Waals surface area (Å²) in [5.41, 5.74) is 1.77. The number of hydrogen-bond donors (Lipinski definition) is 0. The van der Waals surface area contributed by atoms with Crippen LogP contribution in [-0.4, -0.2) is 30.9 Å². The number of sulfone groups is 1. The number of allylic oxidation sites excluding steroid dienone is 1. The zero-order chi connectivity index (χ0) is 21.6. The number of aromatic nitrogens is 1. The molecule has 0 saturated heterocycles. The minimum Gasteiger partial charge on any atom is -0.313 e. The Labute approximate surface area is 185 Å². The molecule has 5 nitrogen and oxygen atoms in total. The van der Waals surface area contributed by atoms with Gasteiger partial charge in [-0.25, -0.2) is 8.42 Å². The van der Waals surface area contributed by atoms with E-state index in [1.54, 1.807) is 30.0 Å². The van der Waals surface area contributed by atoms with Gasteiger partial charge in [0.25, 0.3) is 0 Å². The number of fused-ring (bicyclic) bond motifs is 1. The number of thioether (sulfide) groups is 1. The predicted octanol–water partition coefficient (Wildman–Crippen LogP) is 4.43. The van der Waals surface area contributed by atoms with Gasteiger partial charge < -0.3 is 4.57 Å². The Kier molecular flexibility index (Phi) is 7.69. The van der Waals surface area contributed by atoms with E-state index in [9.17, 15) is 13.2 Å². The van der Waals surface area contributed by atoms with E-state index in [1.165, 1.54) is 11.3 Å². The molecule has 0 unspecified atom stereocenters. The van der Waals surface area contributed by atoms with Gasteiger partial charge in [-0.15, -0.1) is 18.3 Å². The maximum atomic E-state index is 12.4. The minimum absolute atomic E-state index is 0.00735. The summed E-state index contributed by atoms with van der Waals surface area (Å²) in [6.45, 7) is 4.35. The highest BCUT2D eigenvalue weighted by atomic mass is 32.2. The van der Waals surface area contributed by atoms with Crippen LogP contribution in [0.1, 0.15) is 18.4 Å². The molecule has 1 heterocycles. The molecule has 0 aliphatic carbocycles. The van der Waals surface area contributed by atoms with E-state index < -0.39 is 9.84 Å². The summed E-state index contributed by atoms with van der Waals surface area (Å²) < 4.78 is 27.6. The third kappa shape index (κ3) is 5.93. The first-order valence-corrected chi connectivity index (χ1v) is 13.4. The summed E-state index contributed by atoms with van der Waals surface area (Å²) in [6, 6.07) is 15.2. The van der Waals surface area contributed by atoms with Gasteiger partial charge >= 0.3 is 0 Å². The lowest BCUT2D eigenvalue weighted by Gasteiger charge is -2.04. The highest BCUT2D eigenvalue weighted by Gasteiger charge is 2.13. The average Bonchev–Trinajstić information content (AvgIpc) is 3.04. The molecule has 1 amide bonds. The molecule has 0 aliphatic heterocycles. The largest absolute Gasteiger partial charge is 0.313 e. The molecule has 8 heteroatoms. The van der Waals surface area contributed by atoms with E-state index in [1.807, 2.05) is 41.2 Å². The van der Waals surface area contributed by atoms with Crippen LogP contribution in [0, 0.1) is 0 Å². The maximum Gasteiger partial charge on any atom is 0.248 e. The Morgan fingerprint density at radius 2 is 2.00 bits per heavy atom. The van der Waals surface area contributed by atoms with Crippen molar-refractivity contribution in [1.29, 1.82) is 0 Å². The van der Waals surface area contributed by atoms with Crippen molar-refractivity contribution < 1.29 is 13.2 Å². The summed E-state index contributed by atoms with van der Waals surface area (Å²) in [4.78, 5) is 18.4. The van der Waals surface area contributed by atoms with E-state index in [0.29, 0.717) is 11.3 Å². The van der Waals surface area contributed by atoms with Gasteiger partial charge in [0.15, 0.2) is 14.6 Å². The number of hydrogen-bond acceptors (Lipinski definition) is 5. The Hall–Kier alpha value is -2.16. The summed E-state index contributed by atoms with van der Waals surface area (Å²) in [5, 5.41) is 0. The Bertz CT molecular complexity index is 1210. The fraction of sp³-hybridized carbons (Fsp3) is 0.273. The van der Waals surface area contributed by atoms with Gasteiger partial charge in [0.1, 0.15) is 0 Å². The van der Waals surface area contributed by atoms with Gasteiger partial charge in [-0.1, -0.05) is 47.7 Å². The number of benzene rings is 2. The average molecular weight is 461 g/mol. The number of nitrogens with zero attached hydrogens (tertiary/aromatic N) is 2. The molecule has 3 rings (SSSR count). The number of amides is 1. The smallest absolute Gasteiger partial charge is 0.248 e. The quantitative estimate of drug-likeness (QED) is 0.350. The van der Waals surface area contributed by atoms with E-state index in [4.69, 9.17) is 0 Å². The fourth-order valence-corrected chi connectivity index (χ4v) is 6.12. The van der Waals surface area contributed by atoms with Crippen molar-refractivity contribution in [1.82, 2.24) is 4.57 Å². The predicted molar refractivity (Wildman–Crippen MR) is 126 cm³/mol. The van der Waals surface area contributed by atoms with Crippen molar-refractivity contribution in [2.24, 2.45) is 4.99 Å². The number of rotatable bonds is 9. The van der Waals surface area contributed by atoms with E-state index in [0.717, 1.165) is 20.7 Å². The Morgan fingerprint density at radius 3 is 2.70 bits per heavy atom. The standard InChI is InChI=1S/C22H24N2O3S3/c1-3-13-24-19-12-11-18(28-2)15-20(19)29-22(24)23-21(25)10-7-14-30(26,27)16-17-8-5-4-6-9-17/h3-6,8-9,11-12,15H,1,7,10,13-14,16H2,2H3. The minimum atomic E-state index is -3.26. The van der Waals surface area contributed by atoms with Crippen LogP contribution in [0.25, 0.3) is 10.2 Å². The zero-order valence-corrected chi connectivity index (χ0v) is 19.2.